The molecule has 2 rings (SSSR count). The zero-order valence-electron chi connectivity index (χ0n) is 14.7. The van der Waals surface area contributed by atoms with Gasteiger partial charge in [0, 0.05) is 32.1 Å². The molecule has 8 nitrogen and oxygen atoms in total. The van der Waals surface area contributed by atoms with Crippen molar-refractivity contribution in [1.29, 1.82) is 0 Å². The molecule has 0 aromatic carbocycles. The van der Waals surface area contributed by atoms with E-state index in [2.05, 4.69) is 39.7 Å². The van der Waals surface area contributed by atoms with Gasteiger partial charge in [-0.3, -0.25) is 4.79 Å². The highest BCUT2D eigenvalue weighted by molar-refractivity contribution is 6.99. The number of nitrogens with one attached hydrogen (secondary N) is 1. The van der Waals surface area contributed by atoms with E-state index in [9.17, 15) is 4.79 Å². The molecule has 1 aromatic heterocycles. The molecule has 136 valence electrons. The number of carbonyl (C=O) groups is 1. The molecule has 1 saturated heterocycles. The summed E-state index contributed by atoms with van der Waals surface area (Å²) in [4.78, 5) is 13.4. The molecule has 0 amide bonds. The molecular formula is C15H26N4O4S. The van der Waals surface area contributed by atoms with Gasteiger partial charge in [0.2, 0.25) is 5.82 Å². The molecule has 1 aromatic rings. The Morgan fingerprint density at radius 2 is 2.08 bits per heavy atom. The smallest absolute Gasteiger partial charge is 0.303 e. The number of rotatable bonds is 7. The van der Waals surface area contributed by atoms with Gasteiger partial charge in [-0.05, 0) is 20.8 Å². The highest BCUT2D eigenvalue weighted by atomic mass is 32.1. The summed E-state index contributed by atoms with van der Waals surface area (Å²) in [6.07, 6.45) is -0.388. The Bertz CT molecular complexity index is 526. The number of nitrogens with zero attached hydrogens (tertiary/aromatic N) is 3. The van der Waals surface area contributed by atoms with Gasteiger partial charge in [0.25, 0.3) is 5.88 Å². The summed E-state index contributed by atoms with van der Waals surface area (Å²) < 4.78 is 25.0. The molecular weight excluding hydrogens is 332 g/mol. The van der Waals surface area contributed by atoms with Gasteiger partial charge in [-0.2, -0.15) is 4.37 Å². The fraction of sp³-hybridized carbons (Fsp3) is 0.800. The quantitative estimate of drug-likeness (QED) is 0.725. The summed E-state index contributed by atoms with van der Waals surface area (Å²) in [6, 6.07) is 0. The summed E-state index contributed by atoms with van der Waals surface area (Å²) in [5, 5.41) is 3.32. The van der Waals surface area contributed by atoms with E-state index in [4.69, 9.17) is 14.2 Å². The second kappa shape index (κ2) is 8.59. The van der Waals surface area contributed by atoms with Crippen molar-refractivity contribution < 1.29 is 19.0 Å². The molecule has 1 aliphatic heterocycles. The van der Waals surface area contributed by atoms with Gasteiger partial charge >= 0.3 is 5.97 Å². The monoisotopic (exact) mass is 358 g/mol. The lowest BCUT2D eigenvalue weighted by Crippen LogP contribution is -2.44. The first-order valence-electron chi connectivity index (χ1n) is 8.05. The largest absolute Gasteiger partial charge is 0.470 e. The average molecular weight is 358 g/mol. The molecule has 0 spiro atoms. The molecule has 2 heterocycles. The van der Waals surface area contributed by atoms with Crippen LogP contribution in [-0.2, 0) is 14.3 Å². The van der Waals surface area contributed by atoms with Gasteiger partial charge in [-0.1, -0.05) is 0 Å². The third-order valence-electron chi connectivity index (χ3n) is 3.35. The lowest BCUT2D eigenvalue weighted by atomic mass is 10.1. The van der Waals surface area contributed by atoms with Crippen LogP contribution in [0, 0.1) is 0 Å². The number of morpholine rings is 1. The first-order chi connectivity index (χ1) is 11.3. The van der Waals surface area contributed by atoms with E-state index in [1.807, 2.05) is 0 Å². The van der Waals surface area contributed by atoms with E-state index < -0.39 is 0 Å². The number of carbonyl (C=O) groups excluding carboxylic acids is 1. The Labute approximate surface area is 146 Å². The highest BCUT2D eigenvalue weighted by Gasteiger charge is 2.22. The zero-order valence-corrected chi connectivity index (χ0v) is 15.5. The summed E-state index contributed by atoms with van der Waals surface area (Å²) in [5.41, 5.74) is -0.0699. The number of ether oxygens (including phenoxy) is 3. The summed E-state index contributed by atoms with van der Waals surface area (Å²) in [7, 11) is 0. The minimum absolute atomic E-state index is 0.0699. The van der Waals surface area contributed by atoms with Gasteiger partial charge in [-0.15, -0.1) is 4.37 Å². The van der Waals surface area contributed by atoms with Crippen LogP contribution in [0.4, 0.5) is 5.82 Å². The first kappa shape index (κ1) is 18.9. The van der Waals surface area contributed by atoms with Crippen LogP contribution in [0.1, 0.15) is 27.7 Å². The number of hydrogen-bond donors (Lipinski definition) is 1. The van der Waals surface area contributed by atoms with Crippen molar-refractivity contribution in [2.45, 2.75) is 39.3 Å². The topological polar surface area (TPSA) is 85.8 Å². The predicted octanol–water partition coefficient (Wildman–Crippen LogP) is 1.07. The first-order valence-corrected chi connectivity index (χ1v) is 8.78. The molecule has 0 unspecified atom stereocenters. The van der Waals surface area contributed by atoms with Gasteiger partial charge in [0.1, 0.15) is 12.7 Å². The molecule has 0 aliphatic carbocycles. The van der Waals surface area contributed by atoms with Crippen molar-refractivity contribution in [3.8, 4) is 5.88 Å². The van der Waals surface area contributed by atoms with E-state index in [0.717, 1.165) is 30.6 Å². The minimum Gasteiger partial charge on any atom is -0.470 e. The van der Waals surface area contributed by atoms with Crippen LogP contribution in [0.2, 0.25) is 0 Å². The van der Waals surface area contributed by atoms with E-state index in [-0.39, 0.29) is 24.2 Å². The second-order valence-electron chi connectivity index (χ2n) is 6.67. The fourth-order valence-corrected chi connectivity index (χ4v) is 2.72. The maximum atomic E-state index is 11.3. The van der Waals surface area contributed by atoms with Crippen molar-refractivity contribution in [1.82, 2.24) is 14.1 Å². The van der Waals surface area contributed by atoms with Crippen LogP contribution >= 0.6 is 11.7 Å². The lowest BCUT2D eigenvalue weighted by Gasteiger charge is -2.27. The van der Waals surface area contributed by atoms with Crippen LogP contribution in [0.5, 0.6) is 5.88 Å². The Balaban J connectivity index is 1.93. The standard InChI is InChI=1S/C15H26N4O4S/c1-11(20)23-12(9-16-15(2,3)4)10-22-14-13(17-24-18-14)19-5-7-21-8-6-19/h12,16H,5-10H2,1-4H3/t12-/m0/s1. The molecule has 9 heteroatoms. The van der Waals surface area contributed by atoms with Gasteiger partial charge < -0.3 is 24.4 Å². The van der Waals surface area contributed by atoms with Crippen molar-refractivity contribution in [2.75, 3.05) is 44.4 Å². The van der Waals surface area contributed by atoms with Gasteiger partial charge in [0.05, 0.1) is 24.9 Å². The molecule has 0 radical (unpaired) electrons. The summed E-state index contributed by atoms with van der Waals surface area (Å²) in [6.45, 7) is 11.2. The van der Waals surface area contributed by atoms with Crippen molar-refractivity contribution >= 4 is 23.5 Å². The van der Waals surface area contributed by atoms with Crippen LogP contribution < -0.4 is 15.0 Å². The molecule has 0 bridgehead atoms. The Morgan fingerprint density at radius 1 is 1.38 bits per heavy atom. The number of hydrogen-bond acceptors (Lipinski definition) is 9. The van der Waals surface area contributed by atoms with Gasteiger partial charge in [0.15, 0.2) is 0 Å². The third kappa shape index (κ3) is 6.21. The molecule has 1 atom stereocenters. The lowest BCUT2D eigenvalue weighted by molar-refractivity contribution is -0.147. The van der Waals surface area contributed by atoms with Crippen LogP contribution in [0.15, 0.2) is 0 Å². The maximum absolute atomic E-state index is 11.3. The number of anilines is 1. The average Bonchev–Trinajstić information content (AvgIpc) is 2.98. The Kier molecular flexibility index (Phi) is 6.76. The Hall–Kier alpha value is -1.45. The van der Waals surface area contributed by atoms with Crippen LogP contribution in [0.3, 0.4) is 0 Å². The van der Waals surface area contributed by atoms with E-state index in [0.29, 0.717) is 25.6 Å². The molecule has 0 saturated carbocycles. The van der Waals surface area contributed by atoms with E-state index in [1.165, 1.54) is 6.92 Å². The van der Waals surface area contributed by atoms with E-state index in [1.54, 1.807) is 0 Å². The van der Waals surface area contributed by atoms with Crippen LogP contribution in [0.25, 0.3) is 0 Å². The van der Waals surface area contributed by atoms with Gasteiger partial charge in [-0.25, -0.2) is 0 Å². The van der Waals surface area contributed by atoms with Crippen molar-refractivity contribution in [3.63, 3.8) is 0 Å². The zero-order chi connectivity index (χ0) is 17.6. The predicted molar refractivity (Wildman–Crippen MR) is 91.7 cm³/mol. The second-order valence-corrected chi connectivity index (χ2v) is 7.19. The third-order valence-corrected chi connectivity index (χ3v) is 3.85. The molecule has 24 heavy (non-hydrogen) atoms. The van der Waals surface area contributed by atoms with Crippen molar-refractivity contribution in [3.05, 3.63) is 0 Å². The number of esters is 1. The summed E-state index contributed by atoms with van der Waals surface area (Å²) >= 11 is 1.11. The Morgan fingerprint density at radius 3 is 2.71 bits per heavy atom. The van der Waals surface area contributed by atoms with Crippen LogP contribution in [-0.4, -0.2) is 65.8 Å². The fourth-order valence-electron chi connectivity index (χ4n) is 2.20. The molecule has 1 aliphatic rings. The minimum atomic E-state index is -0.388. The normalized spacial score (nSPS) is 16.8. The molecule has 1 fully saturated rings. The van der Waals surface area contributed by atoms with Crippen molar-refractivity contribution in [2.24, 2.45) is 0 Å². The highest BCUT2D eigenvalue weighted by Crippen LogP contribution is 2.26. The SMILES string of the molecule is CC(=O)O[C@@H](CNC(C)(C)C)COc1nsnc1N1CCOCC1. The number of aromatic nitrogens is 2. The summed E-state index contributed by atoms with van der Waals surface area (Å²) in [5.74, 6) is 0.882. The molecule has 1 N–H and O–H groups in total. The van der Waals surface area contributed by atoms with E-state index >= 15 is 0 Å². The maximum Gasteiger partial charge on any atom is 0.303 e.